The van der Waals surface area contributed by atoms with Gasteiger partial charge < -0.3 is 11.1 Å². The fourth-order valence-corrected chi connectivity index (χ4v) is 2.16. The third-order valence-electron chi connectivity index (χ3n) is 3.14. The predicted octanol–water partition coefficient (Wildman–Crippen LogP) is 2.16. The lowest BCUT2D eigenvalue weighted by atomic mass is 10.1. The van der Waals surface area contributed by atoms with Gasteiger partial charge in [0, 0.05) is 12.1 Å². The normalized spacial score (nSPS) is 23.1. The molecule has 98 valence electrons. The first-order chi connectivity index (χ1) is 8.49. The minimum atomic E-state index is -0.971. The highest BCUT2D eigenvalue weighted by Gasteiger charge is 2.26. The molecule has 1 aromatic rings. The minimum absolute atomic E-state index is 0.154. The zero-order valence-corrected chi connectivity index (χ0v) is 9.53. The Morgan fingerprint density at radius 3 is 2.39 bits per heavy atom. The number of nitro benzene ring substituents is 1. The summed E-state index contributed by atoms with van der Waals surface area (Å²) in [5, 5.41) is 13.1. The van der Waals surface area contributed by atoms with Crippen molar-refractivity contribution in [2.75, 3.05) is 5.32 Å². The summed E-state index contributed by atoms with van der Waals surface area (Å²) in [6.07, 6.45) is 2.43. The maximum absolute atomic E-state index is 13.6. The van der Waals surface area contributed by atoms with Gasteiger partial charge in [-0.2, -0.15) is 0 Å². The second-order valence-electron chi connectivity index (χ2n) is 4.39. The van der Waals surface area contributed by atoms with Crippen molar-refractivity contribution in [3.8, 4) is 0 Å². The van der Waals surface area contributed by atoms with Crippen LogP contribution >= 0.6 is 0 Å². The number of hydrogen-bond acceptors (Lipinski definition) is 4. The molecule has 0 aromatic heterocycles. The maximum Gasteiger partial charge on any atom is 0.275 e. The molecule has 0 spiro atoms. The van der Waals surface area contributed by atoms with E-state index < -0.39 is 22.2 Å². The van der Waals surface area contributed by atoms with E-state index in [0.29, 0.717) is 12.1 Å². The van der Waals surface area contributed by atoms with Crippen LogP contribution in [0.1, 0.15) is 19.3 Å². The average molecular weight is 257 g/mol. The van der Waals surface area contributed by atoms with Crippen molar-refractivity contribution in [1.82, 2.24) is 0 Å². The lowest BCUT2D eigenvalue weighted by Crippen LogP contribution is -2.35. The third-order valence-corrected chi connectivity index (χ3v) is 3.14. The molecule has 0 radical (unpaired) electrons. The number of anilines is 1. The number of nitrogens with two attached hydrogens (primary N) is 1. The summed E-state index contributed by atoms with van der Waals surface area (Å²) in [5.74, 6) is -1.94. The van der Waals surface area contributed by atoms with E-state index in [1.165, 1.54) is 0 Å². The highest BCUT2D eigenvalue weighted by Crippen LogP contribution is 2.28. The van der Waals surface area contributed by atoms with Gasteiger partial charge >= 0.3 is 0 Å². The largest absolute Gasteiger partial charge is 0.376 e. The van der Waals surface area contributed by atoms with E-state index in [4.69, 9.17) is 5.73 Å². The smallest absolute Gasteiger partial charge is 0.275 e. The molecule has 3 N–H and O–H groups in total. The molecule has 1 saturated carbocycles. The van der Waals surface area contributed by atoms with Crippen LogP contribution < -0.4 is 11.1 Å². The summed E-state index contributed by atoms with van der Waals surface area (Å²) < 4.78 is 27.2. The zero-order chi connectivity index (χ0) is 13.3. The van der Waals surface area contributed by atoms with Crippen molar-refractivity contribution < 1.29 is 13.7 Å². The SMILES string of the molecule is NC1CCCC1Nc1c(F)cc([N+](=O)[O-])cc1F. The van der Waals surface area contributed by atoms with Gasteiger partial charge in [0.1, 0.15) is 5.69 Å². The van der Waals surface area contributed by atoms with Gasteiger partial charge in [0.25, 0.3) is 5.69 Å². The summed E-state index contributed by atoms with van der Waals surface area (Å²) >= 11 is 0. The Morgan fingerprint density at radius 2 is 1.94 bits per heavy atom. The molecule has 0 saturated heterocycles. The van der Waals surface area contributed by atoms with Crippen LogP contribution in [0.15, 0.2) is 12.1 Å². The number of nitrogens with one attached hydrogen (secondary N) is 1. The second kappa shape index (κ2) is 4.85. The quantitative estimate of drug-likeness (QED) is 0.642. The molecular formula is C11H13F2N3O2. The summed E-state index contributed by atoms with van der Waals surface area (Å²) in [5.41, 5.74) is 4.84. The number of rotatable bonds is 3. The Bertz CT molecular complexity index is 458. The Hall–Kier alpha value is -1.76. The van der Waals surface area contributed by atoms with Crippen molar-refractivity contribution in [3.05, 3.63) is 33.9 Å². The van der Waals surface area contributed by atoms with Crippen LogP contribution in [0.25, 0.3) is 0 Å². The standard InChI is InChI=1S/C11H13F2N3O2/c12-7-4-6(16(17)18)5-8(13)11(7)15-10-3-1-2-9(10)14/h4-5,9-10,15H,1-3,14H2. The first kappa shape index (κ1) is 12.7. The maximum atomic E-state index is 13.6. The van der Waals surface area contributed by atoms with Crippen molar-refractivity contribution in [1.29, 1.82) is 0 Å². The van der Waals surface area contributed by atoms with E-state index in [2.05, 4.69) is 5.32 Å². The molecule has 2 rings (SSSR count). The van der Waals surface area contributed by atoms with Crippen LogP contribution in [0.5, 0.6) is 0 Å². The number of nitro groups is 1. The molecule has 5 nitrogen and oxygen atoms in total. The molecule has 1 aliphatic rings. The van der Waals surface area contributed by atoms with E-state index in [9.17, 15) is 18.9 Å². The minimum Gasteiger partial charge on any atom is -0.376 e. The molecule has 1 fully saturated rings. The van der Waals surface area contributed by atoms with Gasteiger partial charge in [-0.1, -0.05) is 0 Å². The predicted molar refractivity (Wildman–Crippen MR) is 62.2 cm³/mol. The lowest BCUT2D eigenvalue weighted by Gasteiger charge is -2.19. The first-order valence-corrected chi connectivity index (χ1v) is 5.64. The Morgan fingerprint density at radius 1 is 1.33 bits per heavy atom. The summed E-state index contributed by atoms with van der Waals surface area (Å²) in [6.45, 7) is 0. The van der Waals surface area contributed by atoms with Crippen molar-refractivity contribution in [3.63, 3.8) is 0 Å². The summed E-state index contributed by atoms with van der Waals surface area (Å²) in [7, 11) is 0. The Balaban J connectivity index is 2.25. The van der Waals surface area contributed by atoms with Crippen LogP contribution in [0.2, 0.25) is 0 Å². The molecule has 7 heteroatoms. The first-order valence-electron chi connectivity index (χ1n) is 5.64. The molecule has 2 unspecified atom stereocenters. The van der Waals surface area contributed by atoms with E-state index in [1.807, 2.05) is 0 Å². The van der Waals surface area contributed by atoms with Crippen molar-refractivity contribution in [2.45, 2.75) is 31.3 Å². The van der Waals surface area contributed by atoms with Gasteiger partial charge in [-0.15, -0.1) is 0 Å². The molecule has 1 aliphatic carbocycles. The molecular weight excluding hydrogens is 244 g/mol. The fourth-order valence-electron chi connectivity index (χ4n) is 2.16. The van der Waals surface area contributed by atoms with Crippen molar-refractivity contribution in [2.24, 2.45) is 5.73 Å². The molecule has 2 atom stereocenters. The van der Waals surface area contributed by atoms with Crippen LogP contribution in [-0.4, -0.2) is 17.0 Å². The molecule has 0 bridgehead atoms. The number of halogens is 2. The van der Waals surface area contributed by atoms with E-state index >= 15 is 0 Å². The Labute approximate surface area is 102 Å². The molecule has 0 aliphatic heterocycles. The summed E-state index contributed by atoms with van der Waals surface area (Å²) in [4.78, 5) is 9.61. The molecule has 0 amide bonds. The molecule has 0 heterocycles. The van der Waals surface area contributed by atoms with Crippen LogP contribution in [0.3, 0.4) is 0 Å². The van der Waals surface area contributed by atoms with Gasteiger partial charge in [-0.05, 0) is 19.3 Å². The van der Waals surface area contributed by atoms with E-state index in [-0.39, 0.29) is 17.8 Å². The van der Waals surface area contributed by atoms with E-state index in [1.54, 1.807) is 0 Å². The van der Waals surface area contributed by atoms with Gasteiger partial charge in [-0.25, -0.2) is 8.78 Å². The van der Waals surface area contributed by atoms with Gasteiger partial charge in [0.15, 0.2) is 11.6 Å². The Kier molecular flexibility index (Phi) is 3.42. The topological polar surface area (TPSA) is 81.2 Å². The molecule has 18 heavy (non-hydrogen) atoms. The van der Waals surface area contributed by atoms with Gasteiger partial charge in [0.05, 0.1) is 17.1 Å². The van der Waals surface area contributed by atoms with Crippen LogP contribution in [0.4, 0.5) is 20.2 Å². The van der Waals surface area contributed by atoms with Crippen molar-refractivity contribution >= 4 is 11.4 Å². The number of benzene rings is 1. The monoisotopic (exact) mass is 257 g/mol. The third kappa shape index (κ3) is 2.40. The lowest BCUT2D eigenvalue weighted by molar-refractivity contribution is -0.385. The van der Waals surface area contributed by atoms with Crippen LogP contribution in [0, 0.1) is 21.7 Å². The highest BCUT2D eigenvalue weighted by atomic mass is 19.1. The fraction of sp³-hybridized carbons (Fsp3) is 0.455. The highest BCUT2D eigenvalue weighted by molar-refractivity contribution is 5.52. The molecule has 1 aromatic carbocycles. The second-order valence-corrected chi connectivity index (χ2v) is 4.39. The van der Waals surface area contributed by atoms with Crippen LogP contribution in [-0.2, 0) is 0 Å². The number of nitrogens with zero attached hydrogens (tertiary/aromatic N) is 1. The number of non-ortho nitro benzene ring substituents is 1. The van der Waals surface area contributed by atoms with E-state index in [0.717, 1.165) is 19.3 Å². The number of hydrogen-bond donors (Lipinski definition) is 2. The average Bonchev–Trinajstić information content (AvgIpc) is 2.69. The zero-order valence-electron chi connectivity index (χ0n) is 9.53. The summed E-state index contributed by atoms with van der Waals surface area (Å²) in [6, 6.07) is 1.05. The van der Waals surface area contributed by atoms with Gasteiger partial charge in [0.2, 0.25) is 0 Å². The van der Waals surface area contributed by atoms with Gasteiger partial charge in [-0.3, -0.25) is 10.1 Å².